The van der Waals surface area contributed by atoms with E-state index in [1.165, 1.54) is 6.42 Å². The van der Waals surface area contributed by atoms with Crippen molar-refractivity contribution in [2.24, 2.45) is 0 Å². The third kappa shape index (κ3) is 3.83. The van der Waals surface area contributed by atoms with Crippen LogP contribution in [0, 0.1) is 0 Å². The van der Waals surface area contributed by atoms with Crippen LogP contribution in [0.2, 0.25) is 0 Å². The number of likely N-dealkylation sites (tertiary alicyclic amines) is 1. The Hall–Kier alpha value is -2.21. The minimum atomic E-state index is 0.117. The molecule has 2 fully saturated rings. The molecule has 150 valence electrons. The van der Waals surface area contributed by atoms with Gasteiger partial charge in [0.15, 0.2) is 0 Å². The Kier molecular flexibility index (Phi) is 5.49. The second-order valence-electron chi connectivity index (χ2n) is 8.39. The van der Waals surface area contributed by atoms with Gasteiger partial charge in [-0.15, -0.1) is 0 Å². The molecule has 1 amide bonds. The quantitative estimate of drug-likeness (QED) is 0.817. The molecule has 0 aliphatic carbocycles. The maximum absolute atomic E-state index is 13.0. The van der Waals surface area contributed by atoms with Crippen molar-refractivity contribution < 1.29 is 4.79 Å². The van der Waals surface area contributed by atoms with Gasteiger partial charge in [-0.2, -0.15) is 0 Å². The number of piperidine rings is 1. The summed E-state index contributed by atoms with van der Waals surface area (Å²) in [4.78, 5) is 29.2. The maximum Gasteiger partial charge on any atom is 0.254 e. The molecule has 28 heavy (non-hydrogen) atoms. The van der Waals surface area contributed by atoms with Crippen molar-refractivity contribution in [3.05, 3.63) is 30.0 Å². The highest BCUT2D eigenvalue weighted by atomic mass is 16.2. The lowest BCUT2D eigenvalue weighted by Crippen LogP contribution is -2.49. The molecule has 0 spiro atoms. The molecule has 2 aromatic rings. The number of hydrogen-bond donors (Lipinski definition) is 0. The van der Waals surface area contributed by atoms with E-state index in [9.17, 15) is 4.79 Å². The number of benzene rings is 1. The van der Waals surface area contributed by atoms with E-state index in [0.717, 1.165) is 68.0 Å². The van der Waals surface area contributed by atoms with Crippen molar-refractivity contribution in [3.8, 4) is 0 Å². The molecule has 3 heterocycles. The van der Waals surface area contributed by atoms with E-state index in [1.54, 1.807) is 0 Å². The van der Waals surface area contributed by atoms with Crippen LogP contribution in [0.15, 0.2) is 24.4 Å². The lowest BCUT2D eigenvalue weighted by molar-refractivity contribution is 0.0636. The summed E-state index contributed by atoms with van der Waals surface area (Å²) in [6.45, 7) is 11.5. The zero-order valence-electron chi connectivity index (χ0n) is 17.3. The van der Waals surface area contributed by atoms with Crippen LogP contribution in [0.25, 0.3) is 11.0 Å². The van der Waals surface area contributed by atoms with E-state index < -0.39 is 0 Å². The molecule has 4 rings (SSSR count). The molecule has 2 aliphatic rings. The number of piperazine rings is 1. The van der Waals surface area contributed by atoms with Gasteiger partial charge in [-0.3, -0.25) is 14.7 Å². The van der Waals surface area contributed by atoms with Gasteiger partial charge in [0.05, 0.1) is 17.2 Å². The molecule has 0 unspecified atom stereocenters. The fourth-order valence-corrected chi connectivity index (χ4v) is 4.32. The second kappa shape index (κ2) is 8.03. The molecule has 0 saturated carbocycles. The van der Waals surface area contributed by atoms with Gasteiger partial charge in [0.2, 0.25) is 0 Å². The van der Waals surface area contributed by atoms with Crippen LogP contribution in [-0.2, 0) is 0 Å². The Bertz CT molecular complexity index is 844. The van der Waals surface area contributed by atoms with Crippen LogP contribution >= 0.6 is 0 Å². The molecule has 0 bridgehead atoms. The van der Waals surface area contributed by atoms with E-state index in [1.807, 2.05) is 29.3 Å². The lowest BCUT2D eigenvalue weighted by atomic mass is 10.0. The van der Waals surface area contributed by atoms with E-state index in [4.69, 9.17) is 4.98 Å². The first-order valence-corrected chi connectivity index (χ1v) is 10.6. The average Bonchev–Trinajstić information content (AvgIpc) is 2.73. The normalized spacial score (nSPS) is 21.5. The summed E-state index contributed by atoms with van der Waals surface area (Å²) in [5.74, 6) is 1.03. The van der Waals surface area contributed by atoms with Crippen molar-refractivity contribution in [2.45, 2.75) is 52.1 Å². The lowest BCUT2D eigenvalue weighted by Gasteiger charge is -2.37. The Balaban J connectivity index is 1.55. The molecule has 2 saturated heterocycles. The first-order chi connectivity index (χ1) is 13.5. The van der Waals surface area contributed by atoms with E-state index in [0.29, 0.717) is 12.1 Å². The monoisotopic (exact) mass is 381 g/mol. The maximum atomic E-state index is 13.0. The molecule has 1 aromatic heterocycles. The van der Waals surface area contributed by atoms with Crippen molar-refractivity contribution in [3.63, 3.8) is 0 Å². The van der Waals surface area contributed by atoms with Gasteiger partial charge in [0.25, 0.3) is 5.91 Å². The number of amides is 1. The summed E-state index contributed by atoms with van der Waals surface area (Å²) in [6, 6.07) is 6.62. The molecule has 0 N–H and O–H groups in total. The molecular formula is C22H31N5O. The molecular weight excluding hydrogens is 350 g/mol. The summed E-state index contributed by atoms with van der Waals surface area (Å²) in [7, 11) is 0. The fraction of sp³-hybridized carbons (Fsp3) is 0.591. The predicted octanol–water partition coefficient (Wildman–Crippen LogP) is 3.17. The first kappa shape index (κ1) is 19.1. The van der Waals surface area contributed by atoms with Gasteiger partial charge in [-0.25, -0.2) is 4.98 Å². The van der Waals surface area contributed by atoms with Crippen LogP contribution in [0.1, 0.15) is 50.4 Å². The first-order valence-electron chi connectivity index (χ1n) is 10.6. The second-order valence-corrected chi connectivity index (χ2v) is 8.39. The Morgan fingerprint density at radius 1 is 1.07 bits per heavy atom. The van der Waals surface area contributed by atoms with Crippen molar-refractivity contribution in [2.75, 3.05) is 37.6 Å². The number of carbonyl (C=O) groups is 1. The number of carbonyl (C=O) groups excluding carboxylic acids is 1. The highest BCUT2D eigenvalue weighted by molar-refractivity contribution is 5.97. The van der Waals surface area contributed by atoms with Gasteiger partial charge in [-0.1, -0.05) is 0 Å². The van der Waals surface area contributed by atoms with Gasteiger partial charge < -0.3 is 9.80 Å². The van der Waals surface area contributed by atoms with Crippen LogP contribution in [0.3, 0.4) is 0 Å². The summed E-state index contributed by atoms with van der Waals surface area (Å²) in [6.07, 6.45) is 5.25. The number of aromatic nitrogens is 2. The Labute approximate surface area is 167 Å². The van der Waals surface area contributed by atoms with Gasteiger partial charge in [0.1, 0.15) is 5.82 Å². The van der Waals surface area contributed by atoms with Gasteiger partial charge in [-0.05, 0) is 58.2 Å². The van der Waals surface area contributed by atoms with Gasteiger partial charge in [0, 0.05) is 50.4 Å². The average molecular weight is 382 g/mol. The molecule has 0 radical (unpaired) electrons. The fourth-order valence-electron chi connectivity index (χ4n) is 4.32. The molecule has 6 nitrogen and oxygen atoms in total. The SMILES string of the molecule is CC(C)N1CCN(c2cnc3ccc(C(=O)N4CCCC[C@@H]4C)cc3n2)CC1. The number of anilines is 1. The van der Waals surface area contributed by atoms with Gasteiger partial charge >= 0.3 is 0 Å². The topological polar surface area (TPSA) is 52.6 Å². The van der Waals surface area contributed by atoms with Crippen molar-refractivity contribution in [1.82, 2.24) is 19.8 Å². The third-order valence-corrected chi connectivity index (χ3v) is 6.21. The zero-order valence-corrected chi connectivity index (χ0v) is 17.3. The standard InChI is InChI=1S/C22H31N5O/c1-16(2)25-10-12-26(13-11-25)21-15-23-19-8-7-18(14-20(19)24-21)22(28)27-9-5-4-6-17(27)3/h7-8,14-17H,4-6,9-13H2,1-3H3/t17-/m0/s1. The Morgan fingerprint density at radius 3 is 2.57 bits per heavy atom. The van der Waals surface area contributed by atoms with E-state index >= 15 is 0 Å². The van der Waals surface area contributed by atoms with Crippen molar-refractivity contribution >= 4 is 22.8 Å². The van der Waals surface area contributed by atoms with E-state index in [2.05, 4.69) is 35.6 Å². The third-order valence-electron chi connectivity index (χ3n) is 6.21. The molecule has 1 aromatic carbocycles. The minimum absolute atomic E-state index is 0.117. The Morgan fingerprint density at radius 2 is 1.86 bits per heavy atom. The summed E-state index contributed by atoms with van der Waals surface area (Å²) < 4.78 is 0. The minimum Gasteiger partial charge on any atom is -0.353 e. The smallest absolute Gasteiger partial charge is 0.254 e. The molecule has 6 heteroatoms. The van der Waals surface area contributed by atoms with Crippen LogP contribution < -0.4 is 4.90 Å². The van der Waals surface area contributed by atoms with Crippen LogP contribution in [0.4, 0.5) is 5.82 Å². The predicted molar refractivity (Wildman–Crippen MR) is 113 cm³/mol. The van der Waals surface area contributed by atoms with Crippen LogP contribution in [-0.4, -0.2) is 70.5 Å². The summed E-state index contributed by atoms with van der Waals surface area (Å²) in [5.41, 5.74) is 2.37. The number of fused-ring (bicyclic) bond motifs is 1. The van der Waals surface area contributed by atoms with Crippen molar-refractivity contribution in [1.29, 1.82) is 0 Å². The number of rotatable bonds is 3. The van der Waals surface area contributed by atoms with E-state index in [-0.39, 0.29) is 5.91 Å². The summed E-state index contributed by atoms with van der Waals surface area (Å²) >= 11 is 0. The number of hydrogen-bond acceptors (Lipinski definition) is 5. The van der Waals surface area contributed by atoms with Crippen LogP contribution in [0.5, 0.6) is 0 Å². The highest BCUT2D eigenvalue weighted by Crippen LogP contribution is 2.22. The number of nitrogens with zero attached hydrogens (tertiary/aromatic N) is 5. The zero-order chi connectivity index (χ0) is 19.7. The molecule has 2 aliphatic heterocycles. The summed E-state index contributed by atoms with van der Waals surface area (Å²) in [5, 5.41) is 0. The highest BCUT2D eigenvalue weighted by Gasteiger charge is 2.25. The molecule has 1 atom stereocenters. The largest absolute Gasteiger partial charge is 0.353 e.